The minimum atomic E-state index is -1.82. The van der Waals surface area contributed by atoms with E-state index in [0.29, 0.717) is 43.0 Å². The number of ether oxygens (including phenoxy) is 1. The molecule has 0 aromatic heterocycles. The van der Waals surface area contributed by atoms with Crippen LogP contribution in [0.15, 0.2) is 48.5 Å². The molecule has 3 aliphatic carbocycles. The molecule has 0 heterocycles. The Balaban J connectivity index is 1.39. The van der Waals surface area contributed by atoms with E-state index in [1.54, 1.807) is 5.56 Å². The van der Waals surface area contributed by atoms with Crippen LogP contribution in [0.3, 0.4) is 0 Å². The molecule has 2 aromatic rings. The average molecular weight is 535 g/mol. The highest BCUT2D eigenvalue weighted by Crippen LogP contribution is 2.64. The Morgan fingerprint density at radius 2 is 1.79 bits per heavy atom. The Bertz CT molecular complexity index is 1090. The highest BCUT2D eigenvalue weighted by molar-refractivity contribution is 6.74. The van der Waals surface area contributed by atoms with Crippen molar-refractivity contribution in [2.24, 2.45) is 23.2 Å². The molecule has 0 bridgehead atoms. The zero-order valence-electron chi connectivity index (χ0n) is 24.6. The summed E-state index contributed by atoms with van der Waals surface area (Å²) < 4.78 is 13.4. The van der Waals surface area contributed by atoms with E-state index in [2.05, 4.69) is 83.3 Å². The Morgan fingerprint density at radius 1 is 1.03 bits per heavy atom. The fourth-order valence-corrected chi connectivity index (χ4v) is 9.36. The van der Waals surface area contributed by atoms with E-state index in [9.17, 15) is 5.11 Å². The molecule has 0 amide bonds. The van der Waals surface area contributed by atoms with Crippen molar-refractivity contribution < 1.29 is 14.3 Å². The van der Waals surface area contributed by atoms with Crippen molar-refractivity contribution in [3.8, 4) is 5.75 Å². The lowest BCUT2D eigenvalue weighted by atomic mass is 9.52. The number of fused-ring (bicyclic) bond motifs is 5. The van der Waals surface area contributed by atoms with Crippen LogP contribution in [0, 0.1) is 23.2 Å². The van der Waals surface area contributed by atoms with E-state index in [1.165, 1.54) is 36.8 Å². The van der Waals surface area contributed by atoms with Gasteiger partial charge in [-0.3, -0.25) is 0 Å². The maximum absolute atomic E-state index is 9.76. The number of aliphatic hydroxyl groups is 1. The smallest absolute Gasteiger partial charge is 0.192 e. The zero-order chi connectivity index (χ0) is 27.1. The van der Waals surface area contributed by atoms with Crippen molar-refractivity contribution in [1.82, 2.24) is 0 Å². The first-order valence-corrected chi connectivity index (χ1v) is 18.0. The number of benzene rings is 2. The quantitative estimate of drug-likeness (QED) is 0.345. The molecule has 2 saturated carbocycles. The van der Waals surface area contributed by atoms with Gasteiger partial charge in [-0.25, -0.2) is 0 Å². The van der Waals surface area contributed by atoms with Gasteiger partial charge in [0.2, 0.25) is 0 Å². The number of hydrogen-bond donors (Lipinski definition) is 1. The summed E-state index contributed by atoms with van der Waals surface area (Å²) >= 11 is 0. The van der Waals surface area contributed by atoms with Gasteiger partial charge in [0, 0.05) is 6.61 Å². The summed E-state index contributed by atoms with van der Waals surface area (Å²) in [6.07, 6.45) is 8.54. The molecule has 0 saturated heterocycles. The van der Waals surface area contributed by atoms with Crippen LogP contribution >= 0.6 is 0 Å². The summed E-state index contributed by atoms with van der Waals surface area (Å²) in [4.78, 5) is 0. The van der Waals surface area contributed by atoms with Crippen molar-refractivity contribution in [2.75, 3.05) is 6.61 Å². The predicted octanol–water partition coefficient (Wildman–Crippen LogP) is 8.51. The van der Waals surface area contributed by atoms with E-state index in [4.69, 9.17) is 9.16 Å². The number of rotatable bonds is 8. The molecule has 3 nitrogen and oxygen atoms in total. The van der Waals surface area contributed by atoms with Crippen LogP contribution in [-0.2, 0) is 17.5 Å². The first-order chi connectivity index (χ1) is 18.0. The standard InChI is InChI=1S/C34H50O3Si/c1-33(2,3)38(5,6)37-31-17-16-30-32-25(13-10-20-35)21-26-22-27(36-23-24-11-8-7-9-12-24)14-15-28(26)29(32)18-19-34(30,31)4/h7-9,11-12,14-15,22,25,29-32,35H,10,13,16-21,23H2,1-6H3/t25-,29-,30+,31+,32-,34+/m1/s1. The second kappa shape index (κ2) is 10.7. The minimum absolute atomic E-state index is 0.242. The topological polar surface area (TPSA) is 38.7 Å². The van der Waals surface area contributed by atoms with Gasteiger partial charge in [0.25, 0.3) is 0 Å². The highest BCUT2D eigenvalue weighted by Gasteiger charge is 2.58. The lowest BCUT2D eigenvalue weighted by Crippen LogP contribution is -2.51. The molecular weight excluding hydrogens is 484 g/mol. The lowest BCUT2D eigenvalue weighted by molar-refractivity contribution is -0.0349. The van der Waals surface area contributed by atoms with Crippen LogP contribution in [0.2, 0.25) is 18.1 Å². The molecule has 5 rings (SSSR count). The maximum atomic E-state index is 9.76. The number of aliphatic hydroxyl groups excluding tert-OH is 1. The summed E-state index contributed by atoms with van der Waals surface area (Å²) in [6.45, 7) is 15.4. The van der Waals surface area contributed by atoms with Crippen LogP contribution in [0.1, 0.15) is 88.8 Å². The van der Waals surface area contributed by atoms with Crippen LogP contribution in [0.25, 0.3) is 0 Å². The molecule has 1 N–H and O–H groups in total. The van der Waals surface area contributed by atoms with Crippen molar-refractivity contribution in [3.63, 3.8) is 0 Å². The van der Waals surface area contributed by atoms with E-state index in [1.807, 2.05) is 6.07 Å². The first kappa shape index (κ1) is 27.9. The average Bonchev–Trinajstić information content (AvgIpc) is 3.21. The van der Waals surface area contributed by atoms with E-state index in [0.717, 1.165) is 25.0 Å². The van der Waals surface area contributed by atoms with Gasteiger partial charge in [-0.15, -0.1) is 0 Å². The molecule has 0 spiro atoms. The Morgan fingerprint density at radius 3 is 2.50 bits per heavy atom. The van der Waals surface area contributed by atoms with E-state index in [-0.39, 0.29) is 10.5 Å². The molecule has 0 unspecified atom stereocenters. The molecule has 4 heteroatoms. The summed E-state index contributed by atoms with van der Waals surface area (Å²) in [5.74, 6) is 3.63. The van der Waals surface area contributed by atoms with Crippen LogP contribution in [0.4, 0.5) is 0 Å². The van der Waals surface area contributed by atoms with Gasteiger partial charge in [0.15, 0.2) is 8.32 Å². The Kier molecular flexibility index (Phi) is 7.90. The van der Waals surface area contributed by atoms with Gasteiger partial charge < -0.3 is 14.3 Å². The molecule has 2 fully saturated rings. The van der Waals surface area contributed by atoms with Crippen molar-refractivity contribution >= 4 is 8.32 Å². The van der Waals surface area contributed by atoms with Crippen LogP contribution < -0.4 is 4.74 Å². The van der Waals surface area contributed by atoms with E-state index < -0.39 is 8.32 Å². The van der Waals surface area contributed by atoms with Gasteiger partial charge in [-0.05, 0) is 121 Å². The van der Waals surface area contributed by atoms with Gasteiger partial charge in [0.05, 0.1) is 6.10 Å². The summed E-state index contributed by atoms with van der Waals surface area (Å²) in [6, 6.07) is 17.3. The van der Waals surface area contributed by atoms with Gasteiger partial charge in [-0.1, -0.05) is 64.1 Å². The lowest BCUT2D eigenvalue weighted by Gasteiger charge is -2.54. The van der Waals surface area contributed by atoms with E-state index >= 15 is 0 Å². The third-order valence-corrected chi connectivity index (χ3v) is 15.5. The van der Waals surface area contributed by atoms with Gasteiger partial charge >= 0.3 is 0 Å². The molecule has 6 atom stereocenters. The first-order valence-electron chi connectivity index (χ1n) is 15.1. The third-order valence-electron chi connectivity index (χ3n) is 11.0. The monoisotopic (exact) mass is 534 g/mol. The predicted molar refractivity (Wildman–Crippen MR) is 159 cm³/mol. The fraction of sp³-hybridized carbons (Fsp3) is 0.647. The molecule has 0 aliphatic heterocycles. The summed E-state index contributed by atoms with van der Waals surface area (Å²) in [5.41, 5.74) is 4.52. The maximum Gasteiger partial charge on any atom is 0.192 e. The molecule has 208 valence electrons. The summed E-state index contributed by atoms with van der Waals surface area (Å²) in [7, 11) is -1.82. The Labute approximate surface area is 232 Å². The molecule has 3 aliphatic rings. The normalized spacial score (nSPS) is 30.9. The zero-order valence-corrected chi connectivity index (χ0v) is 25.6. The third kappa shape index (κ3) is 5.25. The minimum Gasteiger partial charge on any atom is -0.489 e. The van der Waals surface area contributed by atoms with Crippen molar-refractivity contribution in [3.05, 3.63) is 65.2 Å². The van der Waals surface area contributed by atoms with Crippen molar-refractivity contribution in [2.45, 2.75) is 109 Å². The van der Waals surface area contributed by atoms with Crippen LogP contribution in [0.5, 0.6) is 5.75 Å². The summed E-state index contributed by atoms with van der Waals surface area (Å²) in [5, 5.41) is 10.0. The van der Waals surface area contributed by atoms with Gasteiger partial charge in [0.1, 0.15) is 12.4 Å². The Hall–Kier alpha value is -1.62. The highest BCUT2D eigenvalue weighted by atomic mass is 28.4. The molecule has 2 aromatic carbocycles. The molecule has 0 radical (unpaired) electrons. The number of hydrogen-bond acceptors (Lipinski definition) is 3. The van der Waals surface area contributed by atoms with Crippen LogP contribution in [-0.4, -0.2) is 26.1 Å². The SMILES string of the molecule is CC(C)(C)[Si](C)(C)O[C@H]1CC[C@H]2[C@@H]3[C@H](CCCO)Cc4cc(OCc5ccccc5)ccc4[C@H]3CC[C@]12C. The molecule has 38 heavy (non-hydrogen) atoms. The van der Waals surface area contributed by atoms with Gasteiger partial charge in [-0.2, -0.15) is 0 Å². The fourth-order valence-electron chi connectivity index (χ4n) is 7.91. The largest absolute Gasteiger partial charge is 0.489 e. The second-order valence-electron chi connectivity index (χ2n) is 14.2. The second-order valence-corrected chi connectivity index (χ2v) is 19.0. The van der Waals surface area contributed by atoms with Crippen molar-refractivity contribution in [1.29, 1.82) is 0 Å². The molecular formula is C34H50O3Si.